The Hall–Kier alpha value is -0.860. The van der Waals surface area contributed by atoms with Gasteiger partial charge in [0.05, 0.1) is 0 Å². The largest absolute Gasteiger partial charge is 0.281 e. The zero-order chi connectivity index (χ0) is 11.3. The summed E-state index contributed by atoms with van der Waals surface area (Å²) in [6, 6.07) is 9.38. The minimum atomic E-state index is -0.537. The molecular weight excluding hydrogens is 235 g/mol. The molecule has 0 aliphatic rings. The van der Waals surface area contributed by atoms with Gasteiger partial charge in [0.25, 0.3) is 0 Å². The van der Waals surface area contributed by atoms with Crippen molar-refractivity contribution in [2.75, 3.05) is 0 Å². The van der Waals surface area contributed by atoms with Gasteiger partial charge in [-0.15, -0.1) is 0 Å². The molecule has 15 heavy (non-hydrogen) atoms. The second kappa shape index (κ2) is 5.89. The molecule has 1 atom stereocenters. The molecule has 0 N–H and O–H groups in total. The molecule has 0 spiro atoms. The van der Waals surface area contributed by atoms with Crippen LogP contribution in [0.5, 0.6) is 0 Å². The molecule has 80 valence electrons. The van der Waals surface area contributed by atoms with Crippen LogP contribution >= 0.6 is 23.2 Å². The van der Waals surface area contributed by atoms with Crippen LogP contribution in [-0.2, 0) is 16.0 Å². The molecule has 0 aliphatic carbocycles. The third kappa shape index (κ3) is 4.45. The first-order valence-corrected chi connectivity index (χ1v) is 5.27. The molecule has 2 nitrogen and oxygen atoms in total. The molecule has 0 fully saturated rings. The van der Waals surface area contributed by atoms with Crippen LogP contribution in [0.25, 0.3) is 0 Å². The van der Waals surface area contributed by atoms with Gasteiger partial charge in [-0.25, -0.2) is 0 Å². The molecule has 0 aromatic heterocycles. The Labute approximate surface area is 98.2 Å². The maximum absolute atomic E-state index is 11.0. The van der Waals surface area contributed by atoms with Gasteiger partial charge in [-0.2, -0.15) is 0 Å². The summed E-state index contributed by atoms with van der Waals surface area (Å²) in [5.74, 6) is -0.529. The number of hydrogen-bond donors (Lipinski definition) is 0. The van der Waals surface area contributed by atoms with Crippen LogP contribution in [0.2, 0.25) is 0 Å². The summed E-state index contributed by atoms with van der Waals surface area (Å²) in [4.78, 5) is 21.7. The van der Waals surface area contributed by atoms with Gasteiger partial charge in [0.15, 0.2) is 0 Å². The van der Waals surface area contributed by atoms with Crippen molar-refractivity contribution in [2.24, 2.45) is 5.92 Å². The number of hydrogen-bond acceptors (Lipinski definition) is 2. The van der Waals surface area contributed by atoms with Crippen molar-refractivity contribution >= 4 is 33.7 Å². The first kappa shape index (κ1) is 12.2. The van der Waals surface area contributed by atoms with Crippen LogP contribution < -0.4 is 0 Å². The first-order chi connectivity index (χ1) is 7.09. The lowest BCUT2D eigenvalue weighted by Crippen LogP contribution is -2.14. The van der Waals surface area contributed by atoms with Crippen molar-refractivity contribution in [2.45, 2.75) is 12.8 Å². The quantitative estimate of drug-likeness (QED) is 0.747. The fraction of sp³-hybridized carbons (Fsp3) is 0.273. The zero-order valence-corrected chi connectivity index (χ0v) is 9.46. The molecule has 0 amide bonds. The molecule has 0 heterocycles. The minimum Gasteiger partial charge on any atom is -0.281 e. The summed E-state index contributed by atoms with van der Waals surface area (Å²) in [6.45, 7) is 0. The maximum Gasteiger partial charge on any atom is 0.225 e. The van der Waals surface area contributed by atoms with E-state index in [0.717, 1.165) is 5.56 Å². The molecule has 1 aromatic carbocycles. The van der Waals surface area contributed by atoms with Gasteiger partial charge in [-0.3, -0.25) is 9.59 Å². The SMILES string of the molecule is O=C(Cl)C[C@H](Cc1ccccc1)C(=O)Cl. The highest BCUT2D eigenvalue weighted by Gasteiger charge is 2.19. The Bertz CT molecular complexity index is 349. The Morgan fingerprint density at radius 1 is 1.13 bits per heavy atom. The Morgan fingerprint density at radius 3 is 2.20 bits per heavy atom. The van der Waals surface area contributed by atoms with Crippen LogP contribution in [0, 0.1) is 5.92 Å². The van der Waals surface area contributed by atoms with E-state index in [1.807, 2.05) is 30.3 Å². The highest BCUT2D eigenvalue weighted by Crippen LogP contribution is 2.16. The Morgan fingerprint density at radius 2 is 1.73 bits per heavy atom. The number of carbonyl (C=O) groups excluding carboxylic acids is 2. The molecule has 0 bridgehead atoms. The zero-order valence-electron chi connectivity index (χ0n) is 7.95. The molecule has 4 heteroatoms. The molecule has 0 unspecified atom stereocenters. The van der Waals surface area contributed by atoms with E-state index in [2.05, 4.69) is 0 Å². The van der Waals surface area contributed by atoms with Gasteiger partial charge in [0.2, 0.25) is 10.5 Å². The number of carbonyl (C=O) groups is 2. The Balaban J connectivity index is 2.67. The van der Waals surface area contributed by atoms with Crippen molar-refractivity contribution < 1.29 is 9.59 Å². The van der Waals surface area contributed by atoms with Gasteiger partial charge in [-0.05, 0) is 35.2 Å². The smallest absolute Gasteiger partial charge is 0.225 e. The van der Waals surface area contributed by atoms with Crippen LogP contribution in [0.4, 0.5) is 0 Å². The monoisotopic (exact) mass is 244 g/mol. The van der Waals surface area contributed by atoms with Gasteiger partial charge in [-0.1, -0.05) is 30.3 Å². The molecular formula is C11H10Cl2O2. The lowest BCUT2D eigenvalue weighted by molar-refractivity contribution is -0.119. The van der Waals surface area contributed by atoms with Crippen LogP contribution in [0.15, 0.2) is 30.3 Å². The topological polar surface area (TPSA) is 34.1 Å². The normalized spacial score (nSPS) is 12.1. The number of halogens is 2. The summed E-state index contributed by atoms with van der Waals surface area (Å²) in [7, 11) is 0. The lowest BCUT2D eigenvalue weighted by atomic mass is 9.98. The third-order valence-electron chi connectivity index (χ3n) is 2.05. The summed E-state index contributed by atoms with van der Waals surface area (Å²) >= 11 is 10.6. The molecule has 1 aromatic rings. The highest BCUT2D eigenvalue weighted by molar-refractivity contribution is 6.66. The van der Waals surface area contributed by atoms with E-state index in [-0.39, 0.29) is 6.42 Å². The van der Waals surface area contributed by atoms with Gasteiger partial charge < -0.3 is 0 Å². The Kier molecular flexibility index (Phi) is 4.79. The van der Waals surface area contributed by atoms with E-state index in [1.54, 1.807) is 0 Å². The number of benzene rings is 1. The maximum atomic E-state index is 11.0. The summed E-state index contributed by atoms with van der Waals surface area (Å²) in [6.07, 6.45) is 0.431. The van der Waals surface area contributed by atoms with E-state index in [9.17, 15) is 9.59 Å². The average Bonchev–Trinajstić information content (AvgIpc) is 2.17. The lowest BCUT2D eigenvalue weighted by Gasteiger charge is -2.09. The standard InChI is InChI=1S/C11H10Cl2O2/c12-10(14)7-9(11(13)15)6-8-4-2-1-3-5-8/h1-5,9H,6-7H2/t9-/m0/s1. The van der Waals surface area contributed by atoms with E-state index in [0.29, 0.717) is 6.42 Å². The summed E-state index contributed by atoms with van der Waals surface area (Å²) in [5.41, 5.74) is 0.967. The highest BCUT2D eigenvalue weighted by atomic mass is 35.5. The van der Waals surface area contributed by atoms with Crippen molar-refractivity contribution in [1.29, 1.82) is 0 Å². The van der Waals surface area contributed by atoms with Crippen molar-refractivity contribution in [3.05, 3.63) is 35.9 Å². The van der Waals surface area contributed by atoms with Crippen molar-refractivity contribution in [3.8, 4) is 0 Å². The van der Waals surface area contributed by atoms with Crippen LogP contribution in [0.1, 0.15) is 12.0 Å². The minimum absolute atomic E-state index is 0.0151. The molecule has 0 radical (unpaired) electrons. The van der Waals surface area contributed by atoms with Crippen molar-refractivity contribution in [1.82, 2.24) is 0 Å². The van der Waals surface area contributed by atoms with E-state index in [1.165, 1.54) is 0 Å². The van der Waals surface area contributed by atoms with E-state index >= 15 is 0 Å². The third-order valence-corrected chi connectivity index (χ3v) is 2.52. The average molecular weight is 245 g/mol. The van der Waals surface area contributed by atoms with Gasteiger partial charge in [0.1, 0.15) is 0 Å². The molecule has 0 aliphatic heterocycles. The van der Waals surface area contributed by atoms with Gasteiger partial charge in [0, 0.05) is 12.3 Å². The predicted octanol–water partition coefficient (Wildman–Crippen LogP) is 2.77. The first-order valence-electron chi connectivity index (χ1n) is 4.51. The fourth-order valence-corrected chi connectivity index (χ4v) is 1.67. The van der Waals surface area contributed by atoms with Gasteiger partial charge >= 0.3 is 0 Å². The van der Waals surface area contributed by atoms with E-state index < -0.39 is 16.4 Å². The summed E-state index contributed by atoms with van der Waals surface area (Å²) < 4.78 is 0. The number of rotatable bonds is 5. The predicted molar refractivity (Wildman–Crippen MR) is 60.0 cm³/mol. The van der Waals surface area contributed by atoms with Crippen LogP contribution in [0.3, 0.4) is 0 Å². The molecule has 0 saturated carbocycles. The second-order valence-corrected chi connectivity index (χ2v) is 4.04. The van der Waals surface area contributed by atoms with E-state index in [4.69, 9.17) is 23.2 Å². The fourth-order valence-electron chi connectivity index (χ4n) is 1.32. The van der Waals surface area contributed by atoms with Crippen LogP contribution in [-0.4, -0.2) is 10.5 Å². The molecule has 0 saturated heterocycles. The second-order valence-electron chi connectivity index (χ2n) is 3.25. The van der Waals surface area contributed by atoms with Crippen molar-refractivity contribution in [3.63, 3.8) is 0 Å². The molecule has 1 rings (SSSR count). The summed E-state index contributed by atoms with van der Waals surface area (Å²) in [5, 5.41) is -1.06.